The van der Waals surface area contributed by atoms with Crippen LogP contribution in [0.5, 0.6) is 0 Å². The maximum Gasteiger partial charge on any atom is 0.166 e. The van der Waals surface area contributed by atoms with Crippen molar-refractivity contribution >= 4 is 18.8 Å². The number of rotatable bonds is 3. The smallest absolute Gasteiger partial charge is 0.166 e. The molecule has 4 heteroatoms. The molecule has 0 aliphatic carbocycles. The summed E-state index contributed by atoms with van der Waals surface area (Å²) < 4.78 is 0. The lowest BCUT2D eigenvalue weighted by Crippen LogP contribution is -2.21. The predicted octanol–water partition coefficient (Wildman–Crippen LogP) is 1.56. The normalized spacial score (nSPS) is 11.5. The second kappa shape index (κ2) is 6.11. The van der Waals surface area contributed by atoms with Crippen LogP contribution in [0.15, 0.2) is 26.9 Å². The van der Waals surface area contributed by atoms with Crippen LogP contribution < -0.4 is 0 Å². The summed E-state index contributed by atoms with van der Waals surface area (Å²) in [4.78, 5) is 7.89. The van der Waals surface area contributed by atoms with E-state index in [1.807, 2.05) is 20.0 Å². The lowest BCUT2D eigenvalue weighted by atomic mass is 10.4. The zero-order chi connectivity index (χ0) is 10.3. The third-order valence-electron chi connectivity index (χ3n) is 1.24. The molecular weight excluding hydrogens is 164 g/mol. The molecule has 0 spiro atoms. The molecule has 4 nitrogen and oxygen atoms in total. The van der Waals surface area contributed by atoms with E-state index in [4.69, 9.17) is 0 Å². The van der Waals surface area contributed by atoms with Crippen molar-refractivity contribution in [1.29, 1.82) is 0 Å². The van der Waals surface area contributed by atoms with Crippen LogP contribution in [0.3, 0.4) is 0 Å². The van der Waals surface area contributed by atoms with E-state index in [-0.39, 0.29) is 0 Å². The lowest BCUT2D eigenvalue weighted by molar-refractivity contribution is 0.609. The van der Waals surface area contributed by atoms with Crippen LogP contribution in [0.1, 0.15) is 13.8 Å². The summed E-state index contributed by atoms with van der Waals surface area (Å²) in [5, 5.41) is 5.39. The molecule has 72 valence electrons. The topological polar surface area (TPSA) is 40.3 Å². The van der Waals surface area contributed by atoms with E-state index in [2.05, 4.69) is 21.8 Å². The molecule has 0 atom stereocenters. The van der Waals surface area contributed by atoms with Crippen LogP contribution in [0.4, 0.5) is 0 Å². The number of hydrogen-bond acceptors (Lipinski definition) is 3. The number of amidine groups is 1. The Hall–Kier alpha value is -1.45. The Morgan fingerprint density at radius 3 is 2.23 bits per heavy atom. The van der Waals surface area contributed by atoms with Crippen LogP contribution >= 0.6 is 0 Å². The van der Waals surface area contributed by atoms with E-state index in [1.165, 1.54) is 0 Å². The summed E-state index contributed by atoms with van der Waals surface area (Å²) in [5.41, 5.74) is 1.12. The van der Waals surface area contributed by atoms with Gasteiger partial charge >= 0.3 is 0 Å². The first-order valence-corrected chi connectivity index (χ1v) is 3.95. The molecule has 0 saturated heterocycles. The number of aliphatic imine (C=N–C) groups is 2. The van der Waals surface area contributed by atoms with Gasteiger partial charge < -0.3 is 0 Å². The Labute approximate surface area is 79.4 Å². The van der Waals surface area contributed by atoms with Crippen LogP contribution in [-0.4, -0.2) is 37.9 Å². The first-order valence-electron chi connectivity index (χ1n) is 3.95. The highest BCUT2D eigenvalue weighted by Crippen LogP contribution is 1.97. The summed E-state index contributed by atoms with van der Waals surface area (Å²) in [6, 6.07) is 0. The molecule has 0 aromatic heterocycles. The number of allylic oxidation sites excluding steroid dienone is 1. The second-order valence-corrected chi connectivity index (χ2v) is 2.66. The third kappa shape index (κ3) is 4.20. The molecule has 0 heterocycles. The van der Waals surface area contributed by atoms with E-state index in [0.717, 1.165) is 5.57 Å². The highest BCUT2D eigenvalue weighted by molar-refractivity contribution is 6.29. The van der Waals surface area contributed by atoms with E-state index in [0.29, 0.717) is 5.84 Å². The van der Waals surface area contributed by atoms with Gasteiger partial charge in [-0.1, -0.05) is 5.57 Å². The van der Waals surface area contributed by atoms with Crippen LogP contribution in [0.25, 0.3) is 0 Å². The fraction of sp³-hybridized carbons (Fsp3) is 0.444. The average Bonchev–Trinajstić information content (AvgIpc) is 2.10. The van der Waals surface area contributed by atoms with Crippen molar-refractivity contribution in [3.63, 3.8) is 0 Å². The van der Waals surface area contributed by atoms with E-state index in [1.54, 1.807) is 25.3 Å². The van der Waals surface area contributed by atoms with Gasteiger partial charge in [-0.15, -0.1) is 0 Å². The largest absolute Gasteiger partial charge is 0.293 e. The Morgan fingerprint density at radius 1 is 1.31 bits per heavy atom. The Balaban J connectivity index is 4.75. The number of hydrazone groups is 1. The minimum Gasteiger partial charge on any atom is -0.293 e. The van der Waals surface area contributed by atoms with Crippen LogP contribution in [0.2, 0.25) is 0 Å². The van der Waals surface area contributed by atoms with Crippen molar-refractivity contribution in [2.75, 3.05) is 14.1 Å². The summed E-state index contributed by atoms with van der Waals surface area (Å²) in [6.45, 7) is 7.42. The highest BCUT2D eigenvalue weighted by atomic mass is 15.5. The van der Waals surface area contributed by atoms with Gasteiger partial charge in [0.1, 0.15) is 0 Å². The quantitative estimate of drug-likeness (QED) is 0.369. The number of nitrogens with zero attached hydrogens (tertiary/aromatic N) is 4. The summed E-state index contributed by atoms with van der Waals surface area (Å²) in [7, 11) is 3.38. The van der Waals surface area contributed by atoms with Crippen molar-refractivity contribution in [2.45, 2.75) is 13.8 Å². The maximum absolute atomic E-state index is 4.02. The fourth-order valence-corrected chi connectivity index (χ4v) is 0.759. The van der Waals surface area contributed by atoms with Gasteiger partial charge in [0, 0.05) is 27.0 Å². The Kier molecular flexibility index (Phi) is 5.43. The van der Waals surface area contributed by atoms with Crippen molar-refractivity contribution in [3.8, 4) is 0 Å². The first-order chi connectivity index (χ1) is 6.15. The lowest BCUT2D eigenvalue weighted by Gasteiger charge is -2.12. The molecule has 0 bridgehead atoms. The van der Waals surface area contributed by atoms with E-state index in [9.17, 15) is 0 Å². The molecule has 0 rings (SSSR count). The molecule has 0 fully saturated rings. The molecule has 0 radical (unpaired) electrons. The molecule has 0 unspecified atom stereocenters. The zero-order valence-corrected chi connectivity index (χ0v) is 8.65. The maximum atomic E-state index is 4.02. The molecule has 0 amide bonds. The summed E-state index contributed by atoms with van der Waals surface area (Å²) in [5.74, 6) is 0.665. The summed E-state index contributed by atoms with van der Waals surface area (Å²) >= 11 is 0. The van der Waals surface area contributed by atoms with Crippen LogP contribution in [0, 0.1) is 0 Å². The summed E-state index contributed by atoms with van der Waals surface area (Å²) in [6.07, 6.45) is 3.48. The van der Waals surface area contributed by atoms with Gasteiger partial charge in [-0.3, -0.25) is 9.98 Å². The van der Waals surface area contributed by atoms with E-state index >= 15 is 0 Å². The van der Waals surface area contributed by atoms with Gasteiger partial charge in [0.15, 0.2) is 5.84 Å². The molecule has 0 aromatic rings. The predicted molar refractivity (Wildman–Crippen MR) is 58.6 cm³/mol. The van der Waals surface area contributed by atoms with Gasteiger partial charge in [-0.05, 0) is 13.8 Å². The Bertz CT molecular complexity index is 246. The highest BCUT2D eigenvalue weighted by Gasteiger charge is 2.01. The zero-order valence-electron chi connectivity index (χ0n) is 8.65. The molecule has 0 N–H and O–H groups in total. The van der Waals surface area contributed by atoms with Crippen molar-refractivity contribution in [1.82, 2.24) is 5.01 Å². The molecule has 13 heavy (non-hydrogen) atoms. The van der Waals surface area contributed by atoms with Gasteiger partial charge in [0.2, 0.25) is 0 Å². The molecule has 0 aliphatic rings. The Morgan fingerprint density at radius 2 is 1.92 bits per heavy atom. The van der Waals surface area contributed by atoms with Gasteiger partial charge in [-0.2, -0.15) is 5.10 Å². The molecule has 0 saturated carbocycles. The molecular formula is C9H16N4. The minimum atomic E-state index is 0.665. The SMILES string of the molecule is C=NN(C=C(C)C)C(C=NC)=NC. The van der Waals surface area contributed by atoms with E-state index < -0.39 is 0 Å². The monoisotopic (exact) mass is 180 g/mol. The fourth-order valence-electron chi connectivity index (χ4n) is 0.759. The van der Waals surface area contributed by atoms with Crippen molar-refractivity contribution in [2.24, 2.45) is 15.1 Å². The first kappa shape index (κ1) is 11.6. The average molecular weight is 180 g/mol. The van der Waals surface area contributed by atoms with Crippen LogP contribution in [-0.2, 0) is 0 Å². The van der Waals surface area contributed by atoms with Crippen molar-refractivity contribution < 1.29 is 0 Å². The van der Waals surface area contributed by atoms with Gasteiger partial charge in [0.25, 0.3) is 0 Å². The number of hydrogen-bond donors (Lipinski definition) is 0. The third-order valence-corrected chi connectivity index (χ3v) is 1.24. The van der Waals surface area contributed by atoms with Crippen molar-refractivity contribution in [3.05, 3.63) is 11.8 Å². The standard InChI is InChI=1S/C9H16N4/c1-8(2)7-13(12-5)9(11-4)6-10-3/h6-7H,5H2,1-4H3. The molecule has 0 aromatic carbocycles. The van der Waals surface area contributed by atoms with Gasteiger partial charge in [0.05, 0.1) is 6.21 Å². The van der Waals surface area contributed by atoms with Gasteiger partial charge in [-0.25, -0.2) is 5.01 Å². The molecule has 0 aliphatic heterocycles. The minimum absolute atomic E-state index is 0.665. The second-order valence-electron chi connectivity index (χ2n) is 2.66.